The summed E-state index contributed by atoms with van der Waals surface area (Å²) in [6.07, 6.45) is 8.54. The molecule has 2 heterocycles. The monoisotopic (exact) mass is 386 g/mol. The van der Waals surface area contributed by atoms with E-state index in [4.69, 9.17) is 4.74 Å². The molecule has 0 aliphatic carbocycles. The number of ether oxygens (including phenoxy) is 1. The molecule has 3 rings (SSSR count). The number of piperidine rings is 2. The summed E-state index contributed by atoms with van der Waals surface area (Å²) in [4.78, 5) is 28.1. The zero-order chi connectivity index (χ0) is 19.6. The van der Waals surface area contributed by atoms with Gasteiger partial charge in [-0.15, -0.1) is 0 Å². The van der Waals surface area contributed by atoms with Crippen molar-refractivity contribution in [1.29, 1.82) is 0 Å². The van der Waals surface area contributed by atoms with Crippen molar-refractivity contribution in [3.05, 3.63) is 29.8 Å². The standard InChI is InChI=1S/C21H30N4O3/c26-20(16-24-11-3-1-4-12-24)23-22-15-18-7-9-19(10-8-18)28-17-21(27)25-13-5-2-6-14-25/h7-10,15H,1-6,11-14,16-17H2,(H,23,26)/b22-15+. The van der Waals surface area contributed by atoms with E-state index in [1.807, 2.05) is 17.0 Å². The molecule has 1 N–H and O–H groups in total. The molecular weight excluding hydrogens is 356 g/mol. The molecule has 1 aromatic rings. The van der Waals surface area contributed by atoms with Crippen LogP contribution in [0.1, 0.15) is 44.1 Å². The lowest BCUT2D eigenvalue weighted by Gasteiger charge is -2.26. The van der Waals surface area contributed by atoms with E-state index in [2.05, 4.69) is 15.4 Å². The van der Waals surface area contributed by atoms with Gasteiger partial charge in [0.2, 0.25) is 0 Å². The molecule has 7 nitrogen and oxygen atoms in total. The first kappa shape index (κ1) is 20.3. The van der Waals surface area contributed by atoms with Gasteiger partial charge in [0.15, 0.2) is 6.61 Å². The van der Waals surface area contributed by atoms with Crippen LogP contribution < -0.4 is 10.2 Å². The first-order chi connectivity index (χ1) is 13.7. The van der Waals surface area contributed by atoms with Crippen LogP contribution in [-0.4, -0.2) is 67.2 Å². The van der Waals surface area contributed by atoms with Gasteiger partial charge in [-0.05, 0) is 75.0 Å². The second kappa shape index (κ2) is 10.8. The Bertz CT molecular complexity index is 663. The molecule has 2 saturated heterocycles. The van der Waals surface area contributed by atoms with E-state index in [1.54, 1.807) is 18.3 Å². The van der Waals surface area contributed by atoms with Gasteiger partial charge in [0.25, 0.3) is 11.8 Å². The predicted molar refractivity (Wildman–Crippen MR) is 108 cm³/mol. The van der Waals surface area contributed by atoms with Crippen molar-refractivity contribution in [1.82, 2.24) is 15.2 Å². The lowest BCUT2D eigenvalue weighted by Crippen LogP contribution is -2.38. The highest BCUT2D eigenvalue weighted by Crippen LogP contribution is 2.13. The summed E-state index contributed by atoms with van der Waals surface area (Å²) in [5, 5.41) is 4.02. The number of rotatable bonds is 7. The molecule has 0 aromatic heterocycles. The van der Waals surface area contributed by atoms with Crippen molar-refractivity contribution in [3.63, 3.8) is 0 Å². The lowest BCUT2D eigenvalue weighted by molar-refractivity contribution is -0.134. The number of hydrogen-bond donors (Lipinski definition) is 1. The second-order valence-electron chi connectivity index (χ2n) is 7.43. The summed E-state index contributed by atoms with van der Waals surface area (Å²) in [6.45, 7) is 4.11. The van der Waals surface area contributed by atoms with Crippen LogP contribution in [0.5, 0.6) is 5.75 Å². The van der Waals surface area contributed by atoms with Crippen molar-refractivity contribution >= 4 is 18.0 Å². The number of carbonyl (C=O) groups is 2. The molecule has 0 saturated carbocycles. The highest BCUT2D eigenvalue weighted by molar-refractivity contribution is 5.83. The Hall–Kier alpha value is -2.41. The van der Waals surface area contributed by atoms with Crippen molar-refractivity contribution < 1.29 is 14.3 Å². The largest absolute Gasteiger partial charge is 0.484 e. The van der Waals surface area contributed by atoms with Crippen LogP contribution in [0, 0.1) is 0 Å². The molecule has 1 aromatic carbocycles. The smallest absolute Gasteiger partial charge is 0.260 e. The van der Waals surface area contributed by atoms with Gasteiger partial charge in [-0.25, -0.2) is 5.43 Å². The second-order valence-corrected chi connectivity index (χ2v) is 7.43. The summed E-state index contributed by atoms with van der Waals surface area (Å²) in [5.41, 5.74) is 3.43. The summed E-state index contributed by atoms with van der Waals surface area (Å²) in [7, 11) is 0. The number of amides is 2. The fourth-order valence-corrected chi connectivity index (χ4v) is 3.56. The van der Waals surface area contributed by atoms with Crippen molar-refractivity contribution in [2.45, 2.75) is 38.5 Å². The number of hydrogen-bond acceptors (Lipinski definition) is 5. The molecule has 0 atom stereocenters. The Morgan fingerprint density at radius 3 is 2.29 bits per heavy atom. The molecular formula is C21H30N4O3. The van der Waals surface area contributed by atoms with Gasteiger partial charge in [-0.1, -0.05) is 6.42 Å². The van der Waals surface area contributed by atoms with E-state index in [0.29, 0.717) is 12.3 Å². The summed E-state index contributed by atoms with van der Waals surface area (Å²) in [5.74, 6) is 0.604. The zero-order valence-corrected chi connectivity index (χ0v) is 16.4. The maximum atomic E-state index is 12.1. The first-order valence-corrected chi connectivity index (χ1v) is 10.3. The van der Waals surface area contributed by atoms with Gasteiger partial charge in [-0.3, -0.25) is 14.5 Å². The summed E-state index contributed by atoms with van der Waals surface area (Å²) in [6, 6.07) is 7.31. The molecule has 2 aliphatic heterocycles. The highest BCUT2D eigenvalue weighted by atomic mass is 16.5. The van der Waals surface area contributed by atoms with Crippen molar-refractivity contribution in [2.75, 3.05) is 39.3 Å². The zero-order valence-electron chi connectivity index (χ0n) is 16.4. The van der Waals surface area contributed by atoms with E-state index in [0.717, 1.165) is 57.4 Å². The van der Waals surface area contributed by atoms with Crippen molar-refractivity contribution in [3.8, 4) is 5.75 Å². The Kier molecular flexibility index (Phi) is 7.84. The highest BCUT2D eigenvalue weighted by Gasteiger charge is 2.16. The molecule has 7 heteroatoms. The molecule has 0 spiro atoms. The third-order valence-corrected chi connectivity index (χ3v) is 5.17. The third-order valence-electron chi connectivity index (χ3n) is 5.17. The Morgan fingerprint density at radius 2 is 1.61 bits per heavy atom. The van der Waals surface area contributed by atoms with Crippen LogP contribution >= 0.6 is 0 Å². The number of nitrogens with zero attached hydrogens (tertiary/aromatic N) is 3. The van der Waals surface area contributed by atoms with Crippen LogP contribution in [0.15, 0.2) is 29.4 Å². The average Bonchev–Trinajstić information content (AvgIpc) is 2.74. The minimum absolute atomic E-state index is 0.0433. The topological polar surface area (TPSA) is 74.2 Å². The van der Waals surface area contributed by atoms with Gasteiger partial charge < -0.3 is 9.64 Å². The fraction of sp³-hybridized carbons (Fsp3) is 0.571. The van der Waals surface area contributed by atoms with Crippen LogP contribution in [0.2, 0.25) is 0 Å². The van der Waals surface area contributed by atoms with Gasteiger partial charge in [0.1, 0.15) is 5.75 Å². The molecule has 0 bridgehead atoms. The Balaban J connectivity index is 1.37. The molecule has 152 valence electrons. The van der Waals surface area contributed by atoms with Crippen LogP contribution in [-0.2, 0) is 9.59 Å². The quantitative estimate of drug-likeness (QED) is 0.575. The predicted octanol–water partition coefficient (Wildman–Crippen LogP) is 2.01. The van der Waals surface area contributed by atoms with E-state index in [-0.39, 0.29) is 18.4 Å². The van der Waals surface area contributed by atoms with Gasteiger partial charge in [0, 0.05) is 13.1 Å². The maximum absolute atomic E-state index is 12.1. The number of nitrogens with one attached hydrogen (secondary N) is 1. The summed E-state index contributed by atoms with van der Waals surface area (Å²) < 4.78 is 5.59. The molecule has 2 amide bonds. The average molecular weight is 386 g/mol. The van der Waals surface area contributed by atoms with Crippen LogP contribution in [0.4, 0.5) is 0 Å². The number of likely N-dealkylation sites (tertiary alicyclic amines) is 2. The number of carbonyl (C=O) groups excluding carboxylic acids is 2. The normalized spacial score (nSPS) is 18.2. The van der Waals surface area contributed by atoms with Gasteiger partial charge >= 0.3 is 0 Å². The lowest BCUT2D eigenvalue weighted by atomic mass is 10.1. The van der Waals surface area contributed by atoms with E-state index in [9.17, 15) is 9.59 Å². The van der Waals surface area contributed by atoms with Crippen molar-refractivity contribution in [2.24, 2.45) is 5.10 Å². The van der Waals surface area contributed by atoms with E-state index >= 15 is 0 Å². The molecule has 2 aliphatic rings. The molecule has 2 fully saturated rings. The molecule has 0 unspecified atom stereocenters. The molecule has 28 heavy (non-hydrogen) atoms. The Labute approximate surface area is 166 Å². The van der Waals surface area contributed by atoms with Gasteiger partial charge in [-0.2, -0.15) is 5.10 Å². The number of hydrazone groups is 1. The first-order valence-electron chi connectivity index (χ1n) is 10.3. The fourth-order valence-electron chi connectivity index (χ4n) is 3.56. The SMILES string of the molecule is O=C(CN1CCCCC1)N/N=C/c1ccc(OCC(=O)N2CCCCC2)cc1. The minimum Gasteiger partial charge on any atom is -0.484 e. The minimum atomic E-state index is -0.0886. The maximum Gasteiger partial charge on any atom is 0.260 e. The number of benzene rings is 1. The van der Waals surface area contributed by atoms with Crippen LogP contribution in [0.25, 0.3) is 0 Å². The summed E-state index contributed by atoms with van der Waals surface area (Å²) >= 11 is 0. The Morgan fingerprint density at radius 1 is 0.964 bits per heavy atom. The van der Waals surface area contributed by atoms with Crippen LogP contribution in [0.3, 0.4) is 0 Å². The third kappa shape index (κ3) is 6.64. The van der Waals surface area contributed by atoms with E-state index in [1.165, 1.54) is 12.8 Å². The van der Waals surface area contributed by atoms with Gasteiger partial charge in [0.05, 0.1) is 12.8 Å². The molecule has 0 radical (unpaired) electrons. The van der Waals surface area contributed by atoms with E-state index < -0.39 is 0 Å².